The molecule has 3 heteroatoms. The van der Waals surface area contributed by atoms with Crippen LogP contribution in [0.15, 0.2) is 4.99 Å². The van der Waals surface area contributed by atoms with Crippen molar-refractivity contribution in [1.82, 2.24) is 4.90 Å². The zero-order valence-electron chi connectivity index (χ0n) is 6.39. The van der Waals surface area contributed by atoms with Gasteiger partial charge in [-0.2, -0.15) is 0 Å². The van der Waals surface area contributed by atoms with E-state index in [0.717, 1.165) is 5.71 Å². The topological polar surface area (TPSA) is 41.6 Å². The van der Waals surface area contributed by atoms with Crippen molar-refractivity contribution in [2.45, 2.75) is 13.8 Å². The minimum atomic E-state index is 0.566. The SMILES string of the molecule is CC(C)=NCN(C)CN. The molecular formula is C6H15N3. The molecule has 54 valence electrons. The molecule has 0 fully saturated rings. The summed E-state index contributed by atoms with van der Waals surface area (Å²) in [7, 11) is 1.94. The van der Waals surface area contributed by atoms with Crippen molar-refractivity contribution in [2.24, 2.45) is 10.7 Å². The highest BCUT2D eigenvalue weighted by atomic mass is 15.2. The molecule has 2 N–H and O–H groups in total. The first-order valence-electron chi connectivity index (χ1n) is 3.03. The molecule has 0 aromatic heterocycles. The lowest BCUT2D eigenvalue weighted by Gasteiger charge is -2.09. The van der Waals surface area contributed by atoms with Gasteiger partial charge in [-0.3, -0.25) is 9.89 Å². The Bertz CT molecular complexity index is 94.5. The van der Waals surface area contributed by atoms with Crippen LogP contribution in [0.5, 0.6) is 0 Å². The van der Waals surface area contributed by atoms with E-state index < -0.39 is 0 Å². The average Bonchev–Trinajstić information content (AvgIpc) is 1.83. The van der Waals surface area contributed by atoms with E-state index in [1.165, 1.54) is 0 Å². The number of rotatable bonds is 3. The second-order valence-electron chi connectivity index (χ2n) is 2.29. The van der Waals surface area contributed by atoms with E-state index in [9.17, 15) is 0 Å². The maximum atomic E-state index is 5.31. The predicted octanol–water partition coefficient (Wildman–Crippen LogP) is 0.273. The summed E-state index contributed by atoms with van der Waals surface area (Å²) in [5, 5.41) is 0. The second-order valence-corrected chi connectivity index (χ2v) is 2.29. The van der Waals surface area contributed by atoms with Gasteiger partial charge in [-0.1, -0.05) is 0 Å². The first-order valence-corrected chi connectivity index (χ1v) is 3.03. The molecular weight excluding hydrogens is 114 g/mol. The second kappa shape index (κ2) is 4.47. The lowest BCUT2D eigenvalue weighted by molar-refractivity contribution is 0.357. The molecule has 0 saturated heterocycles. The van der Waals surface area contributed by atoms with Crippen molar-refractivity contribution in [3.8, 4) is 0 Å². The number of hydrogen-bond donors (Lipinski definition) is 1. The molecule has 0 aliphatic carbocycles. The Morgan fingerprint density at radius 2 is 2.11 bits per heavy atom. The Kier molecular flexibility index (Phi) is 4.26. The number of aliphatic imine (C=N–C) groups is 1. The third-order valence-electron chi connectivity index (χ3n) is 0.940. The molecule has 0 radical (unpaired) electrons. The zero-order valence-corrected chi connectivity index (χ0v) is 6.39. The van der Waals surface area contributed by atoms with E-state index in [1.54, 1.807) is 0 Å². The molecule has 3 nitrogen and oxygen atoms in total. The molecule has 0 aliphatic heterocycles. The van der Waals surface area contributed by atoms with Gasteiger partial charge in [-0.05, 0) is 20.9 Å². The van der Waals surface area contributed by atoms with Crippen LogP contribution in [-0.2, 0) is 0 Å². The van der Waals surface area contributed by atoms with Gasteiger partial charge in [0, 0.05) is 12.4 Å². The fourth-order valence-corrected chi connectivity index (χ4v) is 0.320. The van der Waals surface area contributed by atoms with Gasteiger partial charge in [0.1, 0.15) is 0 Å². The van der Waals surface area contributed by atoms with Crippen LogP contribution in [0.4, 0.5) is 0 Å². The number of nitrogens with two attached hydrogens (primary N) is 1. The van der Waals surface area contributed by atoms with E-state index in [2.05, 4.69) is 4.99 Å². The molecule has 0 aromatic rings. The quantitative estimate of drug-likeness (QED) is 0.439. The normalized spacial score (nSPS) is 9.89. The van der Waals surface area contributed by atoms with Crippen molar-refractivity contribution >= 4 is 5.71 Å². The predicted molar refractivity (Wildman–Crippen MR) is 40.5 cm³/mol. The lowest BCUT2D eigenvalue weighted by Crippen LogP contribution is -2.25. The molecule has 9 heavy (non-hydrogen) atoms. The number of hydrogen-bond acceptors (Lipinski definition) is 3. The maximum Gasteiger partial charge on any atom is 0.0916 e. The highest BCUT2D eigenvalue weighted by molar-refractivity contribution is 5.78. The van der Waals surface area contributed by atoms with Crippen LogP contribution < -0.4 is 5.73 Å². The molecule has 0 heterocycles. The zero-order chi connectivity index (χ0) is 7.28. The molecule has 0 spiro atoms. The summed E-state index contributed by atoms with van der Waals surface area (Å²) in [5.74, 6) is 0. The van der Waals surface area contributed by atoms with Crippen molar-refractivity contribution in [2.75, 3.05) is 20.4 Å². The average molecular weight is 129 g/mol. The fourth-order valence-electron chi connectivity index (χ4n) is 0.320. The van der Waals surface area contributed by atoms with Gasteiger partial charge in [0.15, 0.2) is 0 Å². The van der Waals surface area contributed by atoms with Gasteiger partial charge in [0.25, 0.3) is 0 Å². The molecule has 0 saturated carbocycles. The lowest BCUT2D eigenvalue weighted by atomic mass is 10.5. The van der Waals surface area contributed by atoms with Crippen molar-refractivity contribution in [3.05, 3.63) is 0 Å². The smallest absolute Gasteiger partial charge is 0.0916 e. The van der Waals surface area contributed by atoms with Gasteiger partial charge in [-0.15, -0.1) is 0 Å². The molecule has 0 aliphatic rings. The Morgan fingerprint density at radius 3 is 2.44 bits per heavy atom. The van der Waals surface area contributed by atoms with Gasteiger partial charge < -0.3 is 5.73 Å². The summed E-state index contributed by atoms with van der Waals surface area (Å²) in [5.41, 5.74) is 6.41. The van der Waals surface area contributed by atoms with Crippen molar-refractivity contribution < 1.29 is 0 Å². The third kappa shape index (κ3) is 5.46. The van der Waals surface area contributed by atoms with Crippen molar-refractivity contribution in [3.63, 3.8) is 0 Å². The van der Waals surface area contributed by atoms with E-state index in [-0.39, 0.29) is 0 Å². The Labute approximate surface area is 56.6 Å². The van der Waals surface area contributed by atoms with E-state index in [0.29, 0.717) is 13.3 Å². The van der Waals surface area contributed by atoms with Crippen LogP contribution in [0.25, 0.3) is 0 Å². The minimum absolute atomic E-state index is 0.566. The largest absolute Gasteiger partial charge is 0.318 e. The van der Waals surface area contributed by atoms with E-state index in [1.807, 2.05) is 25.8 Å². The van der Waals surface area contributed by atoms with Crippen LogP contribution in [-0.4, -0.2) is 31.0 Å². The molecule has 0 unspecified atom stereocenters. The summed E-state index contributed by atoms with van der Waals surface area (Å²) in [4.78, 5) is 6.10. The van der Waals surface area contributed by atoms with Crippen LogP contribution in [0.1, 0.15) is 13.8 Å². The van der Waals surface area contributed by atoms with Crippen LogP contribution >= 0.6 is 0 Å². The standard InChI is InChI=1S/C6H15N3/c1-6(2)8-5-9(3)4-7/h4-5,7H2,1-3H3. The minimum Gasteiger partial charge on any atom is -0.318 e. The summed E-state index contributed by atoms with van der Waals surface area (Å²) in [6.07, 6.45) is 0. The Morgan fingerprint density at radius 1 is 1.56 bits per heavy atom. The molecule has 0 rings (SSSR count). The van der Waals surface area contributed by atoms with Crippen LogP contribution in [0.3, 0.4) is 0 Å². The Balaban J connectivity index is 3.37. The van der Waals surface area contributed by atoms with E-state index in [4.69, 9.17) is 5.73 Å². The summed E-state index contributed by atoms with van der Waals surface area (Å²) >= 11 is 0. The van der Waals surface area contributed by atoms with Gasteiger partial charge >= 0.3 is 0 Å². The van der Waals surface area contributed by atoms with Crippen LogP contribution in [0.2, 0.25) is 0 Å². The van der Waals surface area contributed by atoms with Crippen molar-refractivity contribution in [1.29, 1.82) is 0 Å². The highest BCUT2D eigenvalue weighted by Gasteiger charge is 1.88. The summed E-state index contributed by atoms with van der Waals surface area (Å²) in [6, 6.07) is 0. The highest BCUT2D eigenvalue weighted by Crippen LogP contribution is 1.79. The fraction of sp³-hybridized carbons (Fsp3) is 0.833. The summed E-state index contributed by atoms with van der Waals surface area (Å²) in [6.45, 7) is 5.23. The number of nitrogens with zero attached hydrogens (tertiary/aromatic N) is 2. The molecule has 0 amide bonds. The first kappa shape index (κ1) is 8.59. The maximum absolute atomic E-state index is 5.31. The van der Waals surface area contributed by atoms with Gasteiger partial charge in [0.2, 0.25) is 0 Å². The third-order valence-corrected chi connectivity index (χ3v) is 0.940. The molecule has 0 atom stereocenters. The molecule has 0 aromatic carbocycles. The van der Waals surface area contributed by atoms with Gasteiger partial charge in [-0.25, -0.2) is 0 Å². The first-order chi connectivity index (χ1) is 4.16. The summed E-state index contributed by atoms with van der Waals surface area (Å²) < 4.78 is 0. The monoisotopic (exact) mass is 129 g/mol. The van der Waals surface area contributed by atoms with Gasteiger partial charge in [0.05, 0.1) is 6.67 Å². The molecule has 0 bridgehead atoms. The Hall–Kier alpha value is -0.410. The van der Waals surface area contributed by atoms with E-state index >= 15 is 0 Å². The van der Waals surface area contributed by atoms with Crippen LogP contribution in [0, 0.1) is 0 Å².